The zero-order valence-electron chi connectivity index (χ0n) is 14.5. The van der Waals surface area contributed by atoms with Crippen LogP contribution in [0.15, 0.2) is 91.0 Å². The highest BCUT2D eigenvalue weighted by molar-refractivity contribution is 6.31. The molecule has 4 aromatic rings. The average Bonchev–Trinajstić information content (AvgIpc) is 2.71. The molecule has 0 heterocycles. The Morgan fingerprint density at radius 1 is 0.519 bits per heavy atom. The van der Waals surface area contributed by atoms with Gasteiger partial charge in [0.25, 0.3) is 0 Å². The third-order valence-electron chi connectivity index (χ3n) is 4.94. The summed E-state index contributed by atoms with van der Waals surface area (Å²) in [5, 5.41) is 0.723. The van der Waals surface area contributed by atoms with Crippen molar-refractivity contribution in [3.05, 3.63) is 107 Å². The van der Waals surface area contributed by atoms with E-state index < -0.39 is 0 Å². The predicted molar refractivity (Wildman–Crippen MR) is 114 cm³/mol. The van der Waals surface area contributed by atoms with Gasteiger partial charge in [0.1, 0.15) is 0 Å². The largest absolute Gasteiger partial charge is 0.0843 e. The van der Waals surface area contributed by atoms with Crippen LogP contribution in [0, 0.1) is 11.8 Å². The summed E-state index contributed by atoms with van der Waals surface area (Å²) in [7, 11) is 0. The maximum atomic E-state index is 6.35. The lowest BCUT2D eigenvalue weighted by Crippen LogP contribution is -2.01. The third kappa shape index (κ3) is 2.74. The van der Waals surface area contributed by atoms with Crippen LogP contribution in [0.25, 0.3) is 33.4 Å². The number of halogens is 1. The zero-order valence-corrected chi connectivity index (χ0v) is 15.3. The first-order valence-corrected chi connectivity index (χ1v) is 9.29. The van der Waals surface area contributed by atoms with E-state index in [9.17, 15) is 0 Å². The first-order valence-electron chi connectivity index (χ1n) is 8.91. The van der Waals surface area contributed by atoms with Gasteiger partial charge >= 0.3 is 0 Å². The molecule has 0 bridgehead atoms. The Morgan fingerprint density at radius 2 is 1.19 bits per heavy atom. The van der Waals surface area contributed by atoms with Gasteiger partial charge in [0, 0.05) is 16.1 Å². The van der Waals surface area contributed by atoms with E-state index in [0.29, 0.717) is 0 Å². The van der Waals surface area contributed by atoms with E-state index in [1.54, 1.807) is 0 Å². The van der Waals surface area contributed by atoms with E-state index in [2.05, 4.69) is 54.3 Å². The standard InChI is InChI=1S/C26H15Cl/c27-20-16-15-19(14-13-18-7-2-1-3-8-18)25(17-20)24-12-6-11-23-21-9-4-5-10-22(21)26(23)24/h1-12,15-17H. The summed E-state index contributed by atoms with van der Waals surface area (Å²) in [6, 6.07) is 31.0. The predicted octanol–water partition coefficient (Wildman–Crippen LogP) is 7.05. The van der Waals surface area contributed by atoms with Gasteiger partial charge in [-0.1, -0.05) is 84.1 Å². The van der Waals surface area contributed by atoms with Crippen LogP contribution in [0.3, 0.4) is 0 Å². The minimum Gasteiger partial charge on any atom is -0.0843 e. The van der Waals surface area contributed by atoms with Crippen LogP contribution in [0.2, 0.25) is 5.02 Å². The first-order chi connectivity index (χ1) is 13.3. The number of benzene rings is 4. The summed E-state index contributed by atoms with van der Waals surface area (Å²) < 4.78 is 0. The second-order valence-corrected chi connectivity index (χ2v) is 7.02. The fraction of sp³-hybridized carbons (Fsp3) is 0. The van der Waals surface area contributed by atoms with Crippen molar-refractivity contribution in [3.8, 4) is 45.2 Å². The van der Waals surface area contributed by atoms with Crippen LogP contribution < -0.4 is 0 Å². The summed E-state index contributed by atoms with van der Waals surface area (Å²) in [4.78, 5) is 0. The van der Waals surface area contributed by atoms with Gasteiger partial charge < -0.3 is 0 Å². The molecule has 0 N–H and O–H groups in total. The van der Waals surface area contributed by atoms with Crippen molar-refractivity contribution in [1.82, 2.24) is 0 Å². The molecule has 27 heavy (non-hydrogen) atoms. The lowest BCUT2D eigenvalue weighted by atomic mass is 9.76. The van der Waals surface area contributed by atoms with Gasteiger partial charge in [0.15, 0.2) is 0 Å². The lowest BCUT2D eigenvalue weighted by Gasteiger charge is -2.27. The van der Waals surface area contributed by atoms with Crippen molar-refractivity contribution >= 4 is 11.6 Å². The molecular formula is C26H15Cl. The van der Waals surface area contributed by atoms with E-state index in [-0.39, 0.29) is 0 Å². The Hall–Kier alpha value is -3.27. The Labute approximate surface area is 164 Å². The molecule has 0 aromatic heterocycles. The summed E-state index contributed by atoms with van der Waals surface area (Å²) in [6.45, 7) is 0. The number of hydrogen-bond acceptors (Lipinski definition) is 0. The highest BCUT2D eigenvalue weighted by Gasteiger charge is 2.25. The van der Waals surface area contributed by atoms with Gasteiger partial charge in [-0.05, 0) is 63.7 Å². The van der Waals surface area contributed by atoms with Crippen LogP contribution in [0.5, 0.6) is 0 Å². The number of fused-ring (bicyclic) bond motifs is 4. The molecule has 0 saturated heterocycles. The Kier molecular flexibility index (Phi) is 3.82. The SMILES string of the molecule is Clc1ccc(C#Cc2ccccc2)c(-c2cccc3c2-c2ccccc2-3)c1. The minimum atomic E-state index is 0.723. The lowest BCUT2D eigenvalue weighted by molar-refractivity contribution is 1.50. The normalized spacial score (nSPS) is 10.9. The highest BCUT2D eigenvalue weighted by atomic mass is 35.5. The van der Waals surface area contributed by atoms with Gasteiger partial charge in [0.05, 0.1) is 0 Å². The van der Waals surface area contributed by atoms with Crippen molar-refractivity contribution in [1.29, 1.82) is 0 Å². The van der Waals surface area contributed by atoms with E-state index in [0.717, 1.165) is 21.7 Å². The van der Waals surface area contributed by atoms with Crippen molar-refractivity contribution in [2.45, 2.75) is 0 Å². The molecule has 0 atom stereocenters. The van der Waals surface area contributed by atoms with Crippen LogP contribution in [0.1, 0.15) is 11.1 Å². The van der Waals surface area contributed by atoms with Crippen molar-refractivity contribution in [2.75, 3.05) is 0 Å². The number of hydrogen-bond donors (Lipinski definition) is 0. The molecule has 126 valence electrons. The van der Waals surface area contributed by atoms with Gasteiger partial charge in [0.2, 0.25) is 0 Å². The quantitative estimate of drug-likeness (QED) is 0.280. The molecule has 1 heteroatoms. The summed E-state index contributed by atoms with van der Waals surface area (Å²) >= 11 is 6.35. The first kappa shape index (κ1) is 15.9. The van der Waals surface area contributed by atoms with Crippen LogP contribution in [-0.2, 0) is 0 Å². The van der Waals surface area contributed by atoms with Crippen molar-refractivity contribution < 1.29 is 0 Å². The molecule has 0 nitrogen and oxygen atoms in total. The molecule has 0 amide bonds. The molecule has 0 aliphatic heterocycles. The molecule has 1 aliphatic carbocycles. The Bertz CT molecular complexity index is 1220. The van der Waals surface area contributed by atoms with Gasteiger partial charge in [-0.3, -0.25) is 0 Å². The molecule has 0 saturated carbocycles. The third-order valence-corrected chi connectivity index (χ3v) is 5.17. The van der Waals surface area contributed by atoms with Crippen LogP contribution >= 0.6 is 11.6 Å². The zero-order chi connectivity index (χ0) is 18.2. The molecular weight excluding hydrogens is 348 g/mol. The Balaban J connectivity index is 1.67. The summed E-state index contributed by atoms with van der Waals surface area (Å²) in [5.41, 5.74) is 9.45. The molecule has 0 fully saturated rings. The number of rotatable bonds is 1. The topological polar surface area (TPSA) is 0 Å². The van der Waals surface area contributed by atoms with E-state index in [1.165, 1.54) is 27.8 Å². The van der Waals surface area contributed by atoms with E-state index in [4.69, 9.17) is 11.6 Å². The second-order valence-electron chi connectivity index (χ2n) is 6.58. The minimum absolute atomic E-state index is 0.723. The molecule has 1 aliphatic rings. The van der Waals surface area contributed by atoms with Gasteiger partial charge in [-0.25, -0.2) is 0 Å². The molecule has 0 spiro atoms. The van der Waals surface area contributed by atoms with E-state index >= 15 is 0 Å². The Morgan fingerprint density at radius 3 is 2.00 bits per heavy atom. The second kappa shape index (κ2) is 6.47. The summed E-state index contributed by atoms with van der Waals surface area (Å²) in [5.74, 6) is 6.61. The summed E-state index contributed by atoms with van der Waals surface area (Å²) in [6.07, 6.45) is 0. The fourth-order valence-electron chi connectivity index (χ4n) is 3.67. The monoisotopic (exact) mass is 362 g/mol. The van der Waals surface area contributed by atoms with Crippen molar-refractivity contribution in [3.63, 3.8) is 0 Å². The molecule has 0 unspecified atom stereocenters. The van der Waals surface area contributed by atoms with Crippen LogP contribution in [-0.4, -0.2) is 0 Å². The molecule has 5 rings (SSSR count). The van der Waals surface area contributed by atoms with Crippen LogP contribution in [0.4, 0.5) is 0 Å². The van der Waals surface area contributed by atoms with E-state index in [1.807, 2.05) is 48.5 Å². The molecule has 4 aromatic carbocycles. The molecule has 0 radical (unpaired) electrons. The van der Waals surface area contributed by atoms with Crippen molar-refractivity contribution in [2.24, 2.45) is 0 Å². The smallest absolute Gasteiger partial charge is 0.0413 e. The van der Waals surface area contributed by atoms with Gasteiger partial charge in [-0.2, -0.15) is 0 Å². The fourth-order valence-corrected chi connectivity index (χ4v) is 3.85. The van der Waals surface area contributed by atoms with Gasteiger partial charge in [-0.15, -0.1) is 0 Å². The maximum Gasteiger partial charge on any atom is 0.0413 e. The highest BCUT2D eigenvalue weighted by Crippen LogP contribution is 2.51. The maximum absolute atomic E-state index is 6.35. The average molecular weight is 363 g/mol.